The van der Waals surface area contributed by atoms with Crippen molar-refractivity contribution in [2.24, 2.45) is 0 Å². The van der Waals surface area contributed by atoms with Gasteiger partial charge in [0.25, 0.3) is 5.91 Å². The molecule has 0 saturated carbocycles. The SMILES string of the molecule is Cc1ccc(-c2nc(N)n(C(=O)c3ccccc3Cl)n2)cc1. The number of anilines is 1. The third-order valence-corrected chi connectivity index (χ3v) is 3.57. The Morgan fingerprint density at radius 2 is 1.82 bits per heavy atom. The van der Waals surface area contributed by atoms with E-state index in [9.17, 15) is 4.79 Å². The average Bonchev–Trinajstić information content (AvgIpc) is 2.90. The number of aromatic nitrogens is 3. The molecule has 0 bridgehead atoms. The van der Waals surface area contributed by atoms with Gasteiger partial charge in [-0.3, -0.25) is 4.79 Å². The van der Waals surface area contributed by atoms with E-state index in [4.69, 9.17) is 17.3 Å². The van der Waals surface area contributed by atoms with Gasteiger partial charge in [0.1, 0.15) is 0 Å². The number of carbonyl (C=O) groups is 1. The van der Waals surface area contributed by atoms with Crippen LogP contribution < -0.4 is 5.73 Å². The molecule has 6 heteroatoms. The molecule has 0 amide bonds. The Morgan fingerprint density at radius 1 is 1.14 bits per heavy atom. The van der Waals surface area contributed by atoms with Gasteiger partial charge in [-0.25, -0.2) is 0 Å². The van der Waals surface area contributed by atoms with Crippen LogP contribution in [0.15, 0.2) is 48.5 Å². The number of hydrogen-bond acceptors (Lipinski definition) is 4. The number of nitrogens with two attached hydrogens (primary N) is 1. The quantitative estimate of drug-likeness (QED) is 0.788. The zero-order chi connectivity index (χ0) is 15.7. The number of rotatable bonds is 2. The first kappa shape index (κ1) is 14.3. The summed E-state index contributed by atoms with van der Waals surface area (Å²) in [6.45, 7) is 1.99. The Morgan fingerprint density at radius 3 is 2.50 bits per heavy atom. The van der Waals surface area contributed by atoms with Crippen LogP contribution in [-0.4, -0.2) is 20.7 Å². The second kappa shape index (κ2) is 5.61. The number of hydrogen-bond donors (Lipinski definition) is 1. The van der Waals surface area contributed by atoms with Crippen molar-refractivity contribution in [1.29, 1.82) is 0 Å². The summed E-state index contributed by atoms with van der Waals surface area (Å²) in [6.07, 6.45) is 0. The maximum atomic E-state index is 12.5. The largest absolute Gasteiger partial charge is 0.368 e. The minimum absolute atomic E-state index is 0.0282. The summed E-state index contributed by atoms with van der Waals surface area (Å²) >= 11 is 6.04. The Kier molecular flexibility index (Phi) is 3.65. The summed E-state index contributed by atoms with van der Waals surface area (Å²) in [5.41, 5.74) is 8.07. The molecule has 0 atom stereocenters. The van der Waals surface area contributed by atoms with Crippen molar-refractivity contribution in [3.63, 3.8) is 0 Å². The van der Waals surface area contributed by atoms with Crippen LogP contribution in [0.1, 0.15) is 15.9 Å². The van der Waals surface area contributed by atoms with Crippen molar-refractivity contribution in [2.45, 2.75) is 6.92 Å². The maximum absolute atomic E-state index is 12.5. The molecule has 1 heterocycles. The summed E-state index contributed by atoms with van der Waals surface area (Å²) in [5.74, 6) is 0.0207. The maximum Gasteiger partial charge on any atom is 0.282 e. The van der Waals surface area contributed by atoms with E-state index in [0.717, 1.165) is 15.8 Å². The van der Waals surface area contributed by atoms with Crippen molar-refractivity contribution in [3.8, 4) is 11.4 Å². The molecule has 110 valence electrons. The van der Waals surface area contributed by atoms with Gasteiger partial charge >= 0.3 is 0 Å². The van der Waals surface area contributed by atoms with E-state index in [1.165, 1.54) is 0 Å². The van der Waals surface area contributed by atoms with Gasteiger partial charge in [-0.1, -0.05) is 53.6 Å². The van der Waals surface area contributed by atoms with Crippen molar-refractivity contribution in [3.05, 3.63) is 64.7 Å². The van der Waals surface area contributed by atoms with Crippen LogP contribution >= 0.6 is 11.6 Å². The van der Waals surface area contributed by atoms with Crippen LogP contribution in [-0.2, 0) is 0 Å². The van der Waals surface area contributed by atoms with E-state index in [-0.39, 0.29) is 5.95 Å². The molecule has 0 unspecified atom stereocenters. The number of nitrogens with zero attached hydrogens (tertiary/aromatic N) is 3. The molecule has 2 aromatic carbocycles. The molecular weight excluding hydrogens is 300 g/mol. The third-order valence-electron chi connectivity index (χ3n) is 3.24. The number of nitrogen functional groups attached to an aromatic ring is 1. The normalized spacial score (nSPS) is 10.6. The first-order valence-electron chi connectivity index (χ1n) is 6.65. The fourth-order valence-electron chi connectivity index (χ4n) is 2.05. The van der Waals surface area contributed by atoms with E-state index in [1.807, 2.05) is 31.2 Å². The molecule has 3 aromatic rings. The Hall–Kier alpha value is -2.66. The molecule has 0 aliphatic heterocycles. The predicted molar refractivity (Wildman–Crippen MR) is 85.8 cm³/mol. The topological polar surface area (TPSA) is 73.8 Å². The van der Waals surface area contributed by atoms with Crippen LogP contribution in [0.4, 0.5) is 5.95 Å². The summed E-state index contributed by atoms with van der Waals surface area (Å²) in [5, 5.41) is 4.55. The highest BCUT2D eigenvalue weighted by molar-refractivity contribution is 6.33. The molecule has 1 aromatic heterocycles. The second-order valence-corrected chi connectivity index (χ2v) is 5.26. The van der Waals surface area contributed by atoms with Gasteiger partial charge in [0, 0.05) is 5.56 Å². The van der Waals surface area contributed by atoms with Crippen molar-refractivity contribution in [1.82, 2.24) is 14.8 Å². The fraction of sp³-hybridized carbons (Fsp3) is 0.0625. The Balaban J connectivity index is 2.01. The molecule has 3 rings (SSSR count). The number of carbonyl (C=O) groups excluding carboxylic acids is 1. The van der Waals surface area contributed by atoms with E-state index in [2.05, 4.69) is 10.1 Å². The van der Waals surface area contributed by atoms with Gasteiger partial charge < -0.3 is 5.73 Å². The van der Waals surface area contributed by atoms with Crippen LogP contribution in [0.2, 0.25) is 5.02 Å². The van der Waals surface area contributed by atoms with E-state index >= 15 is 0 Å². The van der Waals surface area contributed by atoms with Gasteiger partial charge in [-0.2, -0.15) is 9.67 Å². The van der Waals surface area contributed by atoms with E-state index in [0.29, 0.717) is 16.4 Å². The summed E-state index contributed by atoms with van der Waals surface area (Å²) in [4.78, 5) is 16.6. The second-order valence-electron chi connectivity index (χ2n) is 4.86. The lowest BCUT2D eigenvalue weighted by Crippen LogP contribution is -2.16. The molecular formula is C16H13ClN4O. The van der Waals surface area contributed by atoms with E-state index < -0.39 is 5.91 Å². The lowest BCUT2D eigenvalue weighted by atomic mass is 10.1. The smallest absolute Gasteiger partial charge is 0.282 e. The fourth-order valence-corrected chi connectivity index (χ4v) is 2.26. The number of halogens is 1. The van der Waals surface area contributed by atoms with Crippen molar-refractivity contribution >= 4 is 23.5 Å². The number of aryl methyl sites for hydroxylation is 1. The van der Waals surface area contributed by atoms with Crippen LogP contribution in [0.5, 0.6) is 0 Å². The highest BCUT2D eigenvalue weighted by Crippen LogP contribution is 2.20. The highest BCUT2D eigenvalue weighted by Gasteiger charge is 2.18. The zero-order valence-corrected chi connectivity index (χ0v) is 12.6. The average molecular weight is 313 g/mol. The summed E-state index contributed by atoms with van der Waals surface area (Å²) in [6, 6.07) is 14.4. The van der Waals surface area contributed by atoms with Gasteiger partial charge in [-0.15, -0.1) is 5.10 Å². The lowest BCUT2D eigenvalue weighted by molar-refractivity contribution is 0.0948. The van der Waals surface area contributed by atoms with Gasteiger partial charge in [0.15, 0.2) is 5.82 Å². The zero-order valence-electron chi connectivity index (χ0n) is 11.8. The minimum Gasteiger partial charge on any atom is -0.368 e. The number of benzene rings is 2. The molecule has 5 nitrogen and oxygen atoms in total. The Bertz CT molecular complexity index is 840. The molecule has 2 N–H and O–H groups in total. The van der Waals surface area contributed by atoms with Crippen LogP contribution in [0.3, 0.4) is 0 Å². The monoisotopic (exact) mass is 312 g/mol. The molecule has 0 fully saturated rings. The van der Waals surface area contributed by atoms with Crippen LogP contribution in [0.25, 0.3) is 11.4 Å². The first-order chi connectivity index (χ1) is 10.6. The summed E-state index contributed by atoms with van der Waals surface area (Å²) in [7, 11) is 0. The molecule has 0 spiro atoms. The summed E-state index contributed by atoms with van der Waals surface area (Å²) < 4.78 is 1.07. The molecule has 0 aliphatic carbocycles. The van der Waals surface area contributed by atoms with Crippen molar-refractivity contribution < 1.29 is 4.79 Å². The molecule has 22 heavy (non-hydrogen) atoms. The van der Waals surface area contributed by atoms with Gasteiger partial charge in [0.2, 0.25) is 5.95 Å². The van der Waals surface area contributed by atoms with Gasteiger partial charge in [-0.05, 0) is 19.1 Å². The third kappa shape index (κ3) is 2.58. The first-order valence-corrected chi connectivity index (χ1v) is 7.03. The molecule has 0 saturated heterocycles. The van der Waals surface area contributed by atoms with Gasteiger partial charge in [0.05, 0.1) is 10.6 Å². The molecule has 0 aliphatic rings. The van der Waals surface area contributed by atoms with Crippen LogP contribution in [0, 0.1) is 6.92 Å². The van der Waals surface area contributed by atoms with E-state index in [1.54, 1.807) is 24.3 Å². The molecule has 0 radical (unpaired) electrons. The Labute approximate surface area is 132 Å². The predicted octanol–water partition coefficient (Wildman–Crippen LogP) is 3.18. The minimum atomic E-state index is -0.408. The lowest BCUT2D eigenvalue weighted by Gasteiger charge is -2.03. The highest BCUT2D eigenvalue weighted by atomic mass is 35.5. The standard InChI is InChI=1S/C16H13ClN4O/c1-10-6-8-11(9-7-10)14-19-16(18)21(20-14)15(22)12-4-2-3-5-13(12)17/h2-9H,1H3,(H2,18,19,20). The van der Waals surface area contributed by atoms with Crippen molar-refractivity contribution in [2.75, 3.05) is 5.73 Å².